The summed E-state index contributed by atoms with van der Waals surface area (Å²) in [5.41, 5.74) is -0.479. The molecule has 1 rings (SSSR count). The summed E-state index contributed by atoms with van der Waals surface area (Å²) in [6.45, 7) is 5.42. The molecule has 109 valence electrons. The van der Waals surface area contributed by atoms with Crippen molar-refractivity contribution >= 4 is 5.97 Å². The van der Waals surface area contributed by atoms with E-state index in [4.69, 9.17) is 4.74 Å². The van der Waals surface area contributed by atoms with Gasteiger partial charge in [-0.1, -0.05) is 20.8 Å². The van der Waals surface area contributed by atoms with Crippen LogP contribution in [0.3, 0.4) is 0 Å². The Hall–Kier alpha value is 3.63. The molecule has 0 spiro atoms. The van der Waals surface area contributed by atoms with Crippen molar-refractivity contribution in [1.82, 2.24) is 0 Å². The maximum absolute atomic E-state index is 11.4. The summed E-state index contributed by atoms with van der Waals surface area (Å²) in [6.07, 6.45) is -6.20. The van der Waals surface area contributed by atoms with Crippen molar-refractivity contribution in [2.45, 2.75) is 51.3 Å². The average Bonchev–Trinajstić information content (AvgIpc) is 2.23. The molecule has 0 bridgehead atoms. The number of hydrogen-bond acceptors (Lipinski definition) is 6. The van der Waals surface area contributed by atoms with E-state index in [0.717, 1.165) is 0 Å². The minimum atomic E-state index is -1.49. The fourth-order valence-electron chi connectivity index (χ4n) is 1.91. The molecule has 5 atom stereocenters. The Morgan fingerprint density at radius 2 is 1.45 bits per heavy atom. The Bertz CT molecular complexity index is 296. The summed E-state index contributed by atoms with van der Waals surface area (Å²) < 4.78 is 9.85. The number of carbonyl (C=O) groups excluding carboxylic acids is 1. The number of aliphatic hydroxyl groups is 3. The fourth-order valence-corrected chi connectivity index (χ4v) is 1.91. The van der Waals surface area contributed by atoms with Gasteiger partial charge in [0.15, 0.2) is 6.10 Å². The number of hydrogen-bond donors (Lipinski definition) is 3. The monoisotopic (exact) mass is 929 g/mol. The van der Waals surface area contributed by atoms with Crippen LogP contribution in [0.15, 0.2) is 0 Å². The number of ether oxygens (including phenoxy) is 2. The summed E-state index contributed by atoms with van der Waals surface area (Å²) in [5.74, 6) is -0.766. The molecule has 0 aromatic heterocycles. The molecular formula is C11H20Ac3O6. The summed E-state index contributed by atoms with van der Waals surface area (Å²) in [6, 6.07) is 0. The van der Waals surface area contributed by atoms with Gasteiger partial charge < -0.3 is 24.8 Å². The number of carbonyl (C=O) groups is 1. The molecule has 1 fully saturated rings. The molecule has 0 aliphatic carbocycles. The van der Waals surface area contributed by atoms with Crippen LogP contribution in [0.5, 0.6) is 0 Å². The smallest absolute Gasteiger partial charge is 0.337 e. The van der Waals surface area contributed by atoms with Crippen molar-refractivity contribution in [2.24, 2.45) is 5.41 Å². The zero-order chi connectivity index (χ0) is 13.4. The van der Waals surface area contributed by atoms with E-state index in [0.29, 0.717) is 0 Å². The quantitative estimate of drug-likeness (QED) is 0.295. The number of methoxy groups -OCH3 is 1. The normalized spacial score (nSPS) is 33.0. The maximum atomic E-state index is 11.4. The molecule has 1 saturated heterocycles. The Morgan fingerprint density at radius 3 is 1.80 bits per heavy atom. The Labute approximate surface area is 226 Å². The zero-order valence-electron chi connectivity index (χ0n) is 12.2. The second kappa shape index (κ2) is 12.1. The maximum Gasteiger partial charge on any atom is 0.337 e. The zero-order valence-corrected chi connectivity index (χ0v) is 26.4. The van der Waals surface area contributed by atoms with E-state index in [1.165, 1.54) is 7.11 Å². The average molecular weight is 929 g/mol. The van der Waals surface area contributed by atoms with Gasteiger partial charge in [0.1, 0.15) is 18.3 Å². The van der Waals surface area contributed by atoms with Crippen molar-refractivity contribution in [3.8, 4) is 0 Å². The van der Waals surface area contributed by atoms with Gasteiger partial charge in [-0.25, -0.2) is 4.79 Å². The van der Waals surface area contributed by atoms with E-state index in [1.54, 1.807) is 20.8 Å². The van der Waals surface area contributed by atoms with E-state index < -0.39 is 41.9 Å². The topological polar surface area (TPSA) is 96.2 Å². The van der Waals surface area contributed by atoms with Crippen LogP contribution in [0.1, 0.15) is 20.8 Å². The summed E-state index contributed by atoms with van der Waals surface area (Å²) in [7, 11) is 1.17. The van der Waals surface area contributed by atoms with E-state index in [2.05, 4.69) is 4.74 Å². The molecule has 1 aliphatic heterocycles. The number of aliphatic hydroxyl groups excluding tert-OH is 3. The number of esters is 1. The second-order valence-corrected chi connectivity index (χ2v) is 5.34. The van der Waals surface area contributed by atoms with Crippen LogP contribution in [0.2, 0.25) is 0 Å². The first-order valence-electron chi connectivity index (χ1n) is 5.47. The molecule has 3 N–H and O–H groups in total. The van der Waals surface area contributed by atoms with Gasteiger partial charge >= 0.3 is 5.97 Å². The third-order valence-corrected chi connectivity index (χ3v) is 2.90. The van der Waals surface area contributed by atoms with Crippen LogP contribution >= 0.6 is 0 Å². The van der Waals surface area contributed by atoms with Crippen LogP contribution in [-0.4, -0.2) is 58.9 Å². The van der Waals surface area contributed by atoms with Gasteiger partial charge in [0.2, 0.25) is 0 Å². The molecular weight excluding hydrogens is 909 g/mol. The summed E-state index contributed by atoms with van der Waals surface area (Å²) in [5, 5.41) is 29.2. The van der Waals surface area contributed by atoms with Gasteiger partial charge in [0.25, 0.3) is 0 Å². The summed E-state index contributed by atoms with van der Waals surface area (Å²) in [4.78, 5) is 11.4. The molecule has 1 heterocycles. The Kier molecular flexibility index (Phi) is 17.2. The minimum Gasteiger partial charge on any atom is -0.467 e. The van der Waals surface area contributed by atoms with E-state index >= 15 is 0 Å². The minimum absolute atomic E-state index is 0. The standard InChI is InChI=1S/C11H20O6.3Ac/c1-11(2,3)9-7(14)5(12)6(13)8(17-9)10(15)16-4;;;/h5-9,12-14H,1-4H3;;;/t5?,6?,7?,8-,9+;;;/m0.../s1. The van der Waals surface area contributed by atoms with Gasteiger partial charge in [-0.15, -0.1) is 0 Å². The van der Waals surface area contributed by atoms with E-state index in [-0.39, 0.29) is 132 Å². The fraction of sp³-hybridized carbons (Fsp3) is 0.909. The Morgan fingerprint density at radius 1 is 1.00 bits per heavy atom. The molecule has 0 aromatic rings. The molecule has 0 aromatic carbocycles. The van der Waals surface area contributed by atoms with Crippen LogP contribution in [0.4, 0.5) is 0 Å². The van der Waals surface area contributed by atoms with Crippen LogP contribution in [0.25, 0.3) is 0 Å². The van der Waals surface area contributed by atoms with Crippen LogP contribution in [0, 0.1) is 138 Å². The third kappa shape index (κ3) is 7.25. The first kappa shape index (κ1) is 28.4. The number of rotatable bonds is 1. The van der Waals surface area contributed by atoms with Gasteiger partial charge in [0, 0.05) is 132 Å². The second-order valence-electron chi connectivity index (χ2n) is 5.34. The third-order valence-electron chi connectivity index (χ3n) is 2.90. The molecule has 20 heavy (non-hydrogen) atoms. The molecule has 3 unspecified atom stereocenters. The van der Waals surface area contributed by atoms with Crippen molar-refractivity contribution in [2.75, 3.05) is 7.11 Å². The Balaban J connectivity index is -0.000000963. The van der Waals surface area contributed by atoms with Gasteiger partial charge in [0.05, 0.1) is 13.2 Å². The predicted molar refractivity (Wildman–Crippen MR) is 58.2 cm³/mol. The molecule has 6 nitrogen and oxygen atoms in total. The van der Waals surface area contributed by atoms with E-state index in [1.807, 2.05) is 0 Å². The summed E-state index contributed by atoms with van der Waals surface area (Å²) >= 11 is 0. The van der Waals surface area contributed by atoms with Crippen molar-refractivity contribution in [3.05, 3.63) is 0 Å². The molecule has 9 heteroatoms. The SMILES string of the molecule is COC(=O)[C@H]1O[C@@H](C(C)(C)C)C(O)C(O)C1O.[Ac].[Ac].[Ac]. The van der Waals surface area contributed by atoms with Crippen molar-refractivity contribution in [3.63, 3.8) is 0 Å². The van der Waals surface area contributed by atoms with Gasteiger partial charge in [-0.05, 0) is 5.41 Å². The van der Waals surface area contributed by atoms with Crippen LogP contribution < -0.4 is 0 Å². The first-order valence-corrected chi connectivity index (χ1v) is 5.47. The molecule has 0 amide bonds. The van der Waals surface area contributed by atoms with Crippen molar-refractivity contribution in [1.29, 1.82) is 0 Å². The first-order chi connectivity index (χ1) is 7.70. The van der Waals surface area contributed by atoms with Crippen LogP contribution in [-0.2, 0) is 14.3 Å². The molecule has 3 radical (unpaired) electrons. The van der Waals surface area contributed by atoms with Crippen molar-refractivity contribution < 1.29 is 162 Å². The van der Waals surface area contributed by atoms with Gasteiger partial charge in [-0.3, -0.25) is 0 Å². The van der Waals surface area contributed by atoms with Gasteiger partial charge in [-0.2, -0.15) is 0 Å². The molecule has 0 saturated carbocycles. The largest absolute Gasteiger partial charge is 0.467 e. The molecule has 1 aliphatic rings. The predicted octanol–water partition coefficient (Wildman–Crippen LogP) is -0.944. The van der Waals surface area contributed by atoms with E-state index in [9.17, 15) is 20.1 Å².